The summed E-state index contributed by atoms with van der Waals surface area (Å²) < 4.78 is 17.1. The summed E-state index contributed by atoms with van der Waals surface area (Å²) in [6, 6.07) is 13.2. The Hall–Kier alpha value is -3.06. The van der Waals surface area contributed by atoms with Crippen LogP contribution in [0, 0.1) is 13.8 Å². The molecular formula is C21H21NO5S. The van der Waals surface area contributed by atoms with Crippen LogP contribution in [0.15, 0.2) is 42.5 Å². The van der Waals surface area contributed by atoms with Crippen LogP contribution in [0.2, 0.25) is 0 Å². The first-order valence-corrected chi connectivity index (χ1v) is 9.51. The summed E-state index contributed by atoms with van der Waals surface area (Å²) in [4.78, 5) is 16.0. The molecule has 1 aromatic heterocycles. The summed E-state index contributed by atoms with van der Waals surface area (Å²) in [7, 11) is 1.56. The van der Waals surface area contributed by atoms with Crippen LogP contribution >= 0.6 is 11.3 Å². The SMILES string of the molecule is COc1cccc(-c2nc(C)c(C(=O)O)s2)c1OCCOc1cccc(C)c1. The lowest BCUT2D eigenvalue weighted by molar-refractivity contribution is 0.0701. The molecule has 0 radical (unpaired) electrons. The Morgan fingerprint density at radius 1 is 1.11 bits per heavy atom. The molecule has 0 aliphatic carbocycles. The maximum Gasteiger partial charge on any atom is 0.347 e. The molecular weight excluding hydrogens is 378 g/mol. The fraction of sp³-hybridized carbons (Fsp3) is 0.238. The summed E-state index contributed by atoms with van der Waals surface area (Å²) in [6.45, 7) is 4.35. The molecule has 3 rings (SSSR count). The maximum atomic E-state index is 11.3. The number of thiazole rings is 1. The Morgan fingerprint density at radius 3 is 2.54 bits per heavy atom. The van der Waals surface area contributed by atoms with Crippen LogP contribution in [0.25, 0.3) is 10.6 Å². The van der Waals surface area contributed by atoms with E-state index in [0.717, 1.165) is 22.6 Å². The maximum absolute atomic E-state index is 11.3. The van der Waals surface area contributed by atoms with Gasteiger partial charge in [-0.1, -0.05) is 18.2 Å². The fourth-order valence-electron chi connectivity index (χ4n) is 2.71. The second-order valence-corrected chi connectivity index (χ2v) is 7.09. The van der Waals surface area contributed by atoms with Crippen molar-refractivity contribution in [1.82, 2.24) is 4.98 Å². The summed E-state index contributed by atoms with van der Waals surface area (Å²) in [5.41, 5.74) is 2.29. The zero-order valence-corrected chi connectivity index (χ0v) is 16.7. The summed E-state index contributed by atoms with van der Waals surface area (Å²) in [6.07, 6.45) is 0. The topological polar surface area (TPSA) is 77.9 Å². The van der Waals surface area contributed by atoms with E-state index in [1.165, 1.54) is 0 Å². The first-order chi connectivity index (χ1) is 13.5. The third kappa shape index (κ3) is 4.43. The van der Waals surface area contributed by atoms with Gasteiger partial charge >= 0.3 is 5.97 Å². The highest BCUT2D eigenvalue weighted by atomic mass is 32.1. The van der Waals surface area contributed by atoms with Crippen LogP contribution in [-0.4, -0.2) is 36.4 Å². The van der Waals surface area contributed by atoms with Gasteiger partial charge in [-0.3, -0.25) is 0 Å². The minimum Gasteiger partial charge on any atom is -0.493 e. The van der Waals surface area contributed by atoms with Gasteiger partial charge in [0, 0.05) is 0 Å². The van der Waals surface area contributed by atoms with E-state index >= 15 is 0 Å². The number of hydrogen-bond donors (Lipinski definition) is 1. The average Bonchev–Trinajstić information content (AvgIpc) is 3.07. The standard InChI is InChI=1S/C21H21NO5S/c1-13-6-4-7-15(12-13)26-10-11-27-18-16(8-5-9-17(18)25-3)20-22-14(2)19(28-20)21(23)24/h4-9,12H,10-11H2,1-3H3,(H,23,24). The van der Waals surface area contributed by atoms with Crippen LogP contribution in [0.4, 0.5) is 0 Å². The number of carbonyl (C=O) groups is 1. The Morgan fingerprint density at radius 2 is 1.86 bits per heavy atom. The van der Waals surface area contributed by atoms with Crippen molar-refractivity contribution in [2.45, 2.75) is 13.8 Å². The lowest BCUT2D eigenvalue weighted by atomic mass is 10.2. The van der Waals surface area contributed by atoms with Gasteiger partial charge in [0.05, 0.1) is 18.4 Å². The summed E-state index contributed by atoms with van der Waals surface area (Å²) in [5, 5.41) is 9.87. The monoisotopic (exact) mass is 399 g/mol. The zero-order valence-electron chi connectivity index (χ0n) is 15.9. The molecule has 0 atom stereocenters. The highest BCUT2D eigenvalue weighted by Gasteiger charge is 2.20. The number of aromatic carboxylic acids is 1. The molecule has 1 N–H and O–H groups in total. The molecule has 146 valence electrons. The number of hydrogen-bond acceptors (Lipinski definition) is 6. The molecule has 0 spiro atoms. The molecule has 3 aromatic rings. The third-order valence-corrected chi connectivity index (χ3v) is 5.19. The van der Waals surface area contributed by atoms with Crippen molar-refractivity contribution in [2.24, 2.45) is 0 Å². The van der Waals surface area contributed by atoms with Crippen LogP contribution in [-0.2, 0) is 0 Å². The largest absolute Gasteiger partial charge is 0.493 e. The first-order valence-electron chi connectivity index (χ1n) is 8.70. The Bertz CT molecular complexity index is 983. The number of aromatic nitrogens is 1. The van der Waals surface area contributed by atoms with Gasteiger partial charge in [-0.05, 0) is 43.7 Å². The lowest BCUT2D eigenvalue weighted by Gasteiger charge is -2.14. The predicted molar refractivity (Wildman–Crippen MR) is 108 cm³/mol. The van der Waals surface area contributed by atoms with Gasteiger partial charge in [-0.15, -0.1) is 11.3 Å². The van der Waals surface area contributed by atoms with E-state index in [4.69, 9.17) is 14.2 Å². The average molecular weight is 399 g/mol. The number of ether oxygens (including phenoxy) is 3. The first kappa shape index (κ1) is 19.7. The van der Waals surface area contributed by atoms with Crippen molar-refractivity contribution in [1.29, 1.82) is 0 Å². The van der Waals surface area contributed by atoms with Crippen molar-refractivity contribution in [2.75, 3.05) is 20.3 Å². The number of benzene rings is 2. The lowest BCUT2D eigenvalue weighted by Crippen LogP contribution is -2.10. The number of para-hydroxylation sites is 1. The minimum atomic E-state index is -0.988. The summed E-state index contributed by atoms with van der Waals surface area (Å²) >= 11 is 1.11. The van der Waals surface area contributed by atoms with E-state index in [0.29, 0.717) is 41.0 Å². The third-order valence-electron chi connectivity index (χ3n) is 4.01. The molecule has 0 saturated heterocycles. The molecule has 0 bridgehead atoms. The van der Waals surface area contributed by atoms with Gasteiger partial charge in [0.15, 0.2) is 11.5 Å². The normalized spacial score (nSPS) is 10.5. The van der Waals surface area contributed by atoms with Gasteiger partial charge in [-0.25, -0.2) is 9.78 Å². The number of methoxy groups -OCH3 is 1. The molecule has 7 heteroatoms. The van der Waals surface area contributed by atoms with E-state index in [1.807, 2.05) is 43.3 Å². The Balaban J connectivity index is 1.78. The van der Waals surface area contributed by atoms with Gasteiger partial charge in [0.2, 0.25) is 0 Å². The Labute approximate surface area is 167 Å². The van der Waals surface area contributed by atoms with Crippen molar-refractivity contribution in [3.8, 4) is 27.8 Å². The number of aryl methyl sites for hydroxylation is 2. The fourth-order valence-corrected chi connectivity index (χ4v) is 3.64. The van der Waals surface area contributed by atoms with Gasteiger partial charge in [-0.2, -0.15) is 0 Å². The van der Waals surface area contributed by atoms with Crippen LogP contribution in [0.3, 0.4) is 0 Å². The second-order valence-electron chi connectivity index (χ2n) is 6.09. The summed E-state index contributed by atoms with van der Waals surface area (Å²) in [5.74, 6) is 0.866. The van der Waals surface area contributed by atoms with E-state index in [2.05, 4.69) is 4.98 Å². The number of carboxylic acids is 1. The van der Waals surface area contributed by atoms with Crippen molar-refractivity contribution in [3.63, 3.8) is 0 Å². The number of rotatable bonds is 8. The molecule has 0 unspecified atom stereocenters. The van der Waals surface area contributed by atoms with E-state index < -0.39 is 5.97 Å². The van der Waals surface area contributed by atoms with Crippen LogP contribution < -0.4 is 14.2 Å². The van der Waals surface area contributed by atoms with Crippen molar-refractivity contribution in [3.05, 3.63) is 58.6 Å². The van der Waals surface area contributed by atoms with Gasteiger partial charge in [0.1, 0.15) is 28.8 Å². The molecule has 0 aliphatic rings. The predicted octanol–water partition coefficient (Wildman–Crippen LogP) is 4.59. The van der Waals surface area contributed by atoms with E-state index in [1.54, 1.807) is 20.1 Å². The van der Waals surface area contributed by atoms with Gasteiger partial charge in [0.25, 0.3) is 0 Å². The van der Waals surface area contributed by atoms with E-state index in [-0.39, 0.29) is 4.88 Å². The molecule has 0 fully saturated rings. The molecule has 0 amide bonds. The highest BCUT2D eigenvalue weighted by Crippen LogP contribution is 2.40. The molecule has 6 nitrogen and oxygen atoms in total. The number of nitrogens with zero attached hydrogens (tertiary/aromatic N) is 1. The quantitative estimate of drug-likeness (QED) is 0.558. The number of carboxylic acid groups (broad SMARTS) is 1. The Kier molecular flexibility index (Phi) is 6.16. The molecule has 1 heterocycles. The molecule has 2 aromatic carbocycles. The molecule has 0 aliphatic heterocycles. The second kappa shape index (κ2) is 8.75. The zero-order chi connectivity index (χ0) is 20.1. The van der Waals surface area contributed by atoms with Crippen LogP contribution in [0.5, 0.6) is 17.2 Å². The van der Waals surface area contributed by atoms with Crippen molar-refractivity contribution >= 4 is 17.3 Å². The van der Waals surface area contributed by atoms with Crippen molar-refractivity contribution < 1.29 is 24.1 Å². The highest BCUT2D eigenvalue weighted by molar-refractivity contribution is 7.17. The van der Waals surface area contributed by atoms with Crippen LogP contribution in [0.1, 0.15) is 20.9 Å². The smallest absolute Gasteiger partial charge is 0.347 e. The molecule has 0 saturated carbocycles. The van der Waals surface area contributed by atoms with Gasteiger partial charge < -0.3 is 19.3 Å². The molecule has 28 heavy (non-hydrogen) atoms. The van der Waals surface area contributed by atoms with E-state index in [9.17, 15) is 9.90 Å². The minimum absolute atomic E-state index is 0.214.